The normalized spacial score (nSPS) is 36.3. The van der Waals surface area contributed by atoms with E-state index in [9.17, 15) is 14.4 Å². The molecule has 4 aliphatic carbocycles. The lowest BCUT2D eigenvalue weighted by Gasteiger charge is -2.59. The molecule has 1 aromatic carbocycles. The molecule has 0 spiro atoms. The van der Waals surface area contributed by atoms with Gasteiger partial charge in [0.2, 0.25) is 5.91 Å². The van der Waals surface area contributed by atoms with Gasteiger partial charge < -0.3 is 10.6 Å². The van der Waals surface area contributed by atoms with Crippen molar-refractivity contribution in [3.8, 4) is 0 Å². The third-order valence-electron chi connectivity index (χ3n) is 8.75. The Morgan fingerprint density at radius 3 is 2.25 bits per heavy atom. The van der Waals surface area contributed by atoms with Crippen LogP contribution < -0.4 is 10.6 Å². The Hall–Kier alpha value is -2.37. The van der Waals surface area contributed by atoms with Crippen molar-refractivity contribution in [2.24, 2.45) is 23.2 Å². The molecular formula is C26H35N3O3. The number of nitrogens with one attached hydrogen (secondary N) is 2. The minimum Gasteiger partial charge on any atom is -0.352 e. The van der Waals surface area contributed by atoms with Crippen molar-refractivity contribution in [3.05, 3.63) is 35.9 Å². The Morgan fingerprint density at radius 1 is 1.09 bits per heavy atom. The third kappa shape index (κ3) is 3.43. The largest absolute Gasteiger partial charge is 0.352 e. The first-order valence-electron chi connectivity index (χ1n) is 12.3. The standard InChI is InChI=1S/C26H35N3O3/c1-3-9-26(21-7-5-4-6-8-21)23(31)29(24(32)28-26)16-22(30)27-17(2)25-13-18-10-19(14-25)12-20(11-18)15-25/h4-8,17-20H,3,9-16H2,1-2H3,(H,27,30)(H,28,32)/t17-,18?,19?,20?,25?,26+/m0/s1. The second kappa shape index (κ2) is 7.89. The maximum Gasteiger partial charge on any atom is 0.325 e. The van der Waals surface area contributed by atoms with Gasteiger partial charge in [0.15, 0.2) is 0 Å². The van der Waals surface area contributed by atoms with E-state index >= 15 is 0 Å². The smallest absolute Gasteiger partial charge is 0.325 e. The molecule has 6 nitrogen and oxygen atoms in total. The Bertz CT molecular complexity index is 879. The number of hydrogen-bond acceptors (Lipinski definition) is 3. The minimum absolute atomic E-state index is 0.0682. The van der Waals surface area contributed by atoms with Crippen LogP contribution in [0, 0.1) is 23.2 Å². The first-order chi connectivity index (χ1) is 15.3. The number of urea groups is 1. The molecule has 4 saturated carbocycles. The van der Waals surface area contributed by atoms with Gasteiger partial charge in [0.25, 0.3) is 5.91 Å². The minimum atomic E-state index is -1.08. The fourth-order valence-corrected chi connectivity index (χ4v) is 7.67. The van der Waals surface area contributed by atoms with Crippen LogP contribution in [-0.2, 0) is 15.1 Å². The van der Waals surface area contributed by atoms with Gasteiger partial charge in [0.05, 0.1) is 0 Å². The summed E-state index contributed by atoms with van der Waals surface area (Å²) in [5.41, 5.74) is -0.124. The Labute approximate surface area is 190 Å². The topological polar surface area (TPSA) is 78.5 Å². The molecule has 0 aromatic heterocycles. The van der Waals surface area contributed by atoms with E-state index in [0.29, 0.717) is 6.42 Å². The van der Waals surface area contributed by atoms with Gasteiger partial charge >= 0.3 is 6.03 Å². The van der Waals surface area contributed by atoms with Crippen molar-refractivity contribution in [1.29, 1.82) is 0 Å². The molecule has 1 aliphatic heterocycles. The predicted octanol–water partition coefficient (Wildman–Crippen LogP) is 3.95. The van der Waals surface area contributed by atoms with Crippen LogP contribution in [0.2, 0.25) is 0 Å². The number of carbonyl (C=O) groups excluding carboxylic acids is 3. The molecule has 0 radical (unpaired) electrons. The summed E-state index contributed by atoms with van der Waals surface area (Å²) >= 11 is 0. The van der Waals surface area contributed by atoms with Crippen LogP contribution in [0.5, 0.6) is 0 Å². The maximum absolute atomic E-state index is 13.4. The van der Waals surface area contributed by atoms with Gasteiger partial charge in [-0.1, -0.05) is 43.7 Å². The SMILES string of the molecule is CCC[C@]1(c2ccccc2)NC(=O)N(CC(=O)N[C@@H](C)C23CC4CC(CC(C4)C2)C3)C1=O. The van der Waals surface area contributed by atoms with E-state index in [-0.39, 0.29) is 29.8 Å². The van der Waals surface area contributed by atoms with Gasteiger partial charge in [-0.25, -0.2) is 4.79 Å². The van der Waals surface area contributed by atoms with Crippen LogP contribution in [0.25, 0.3) is 0 Å². The van der Waals surface area contributed by atoms with Crippen molar-refractivity contribution >= 4 is 17.8 Å². The summed E-state index contributed by atoms with van der Waals surface area (Å²) in [6.07, 6.45) is 8.95. The van der Waals surface area contributed by atoms with Crippen molar-refractivity contribution in [2.45, 2.75) is 76.8 Å². The molecule has 6 rings (SSSR count). The molecular weight excluding hydrogens is 402 g/mol. The molecule has 1 saturated heterocycles. The number of imide groups is 1. The highest BCUT2D eigenvalue weighted by Gasteiger charge is 2.54. The lowest BCUT2D eigenvalue weighted by Crippen LogP contribution is -2.57. The van der Waals surface area contributed by atoms with Crippen LogP contribution in [-0.4, -0.2) is 35.3 Å². The van der Waals surface area contributed by atoms with E-state index in [2.05, 4.69) is 17.6 Å². The molecule has 6 heteroatoms. The Morgan fingerprint density at radius 2 is 1.69 bits per heavy atom. The zero-order valence-corrected chi connectivity index (χ0v) is 19.2. The fourth-order valence-electron chi connectivity index (χ4n) is 7.67. The van der Waals surface area contributed by atoms with E-state index in [0.717, 1.165) is 34.6 Å². The Kier molecular flexibility index (Phi) is 5.30. The summed E-state index contributed by atoms with van der Waals surface area (Å²) in [5, 5.41) is 6.10. The number of hydrogen-bond donors (Lipinski definition) is 2. The molecule has 5 aliphatic rings. The number of carbonyl (C=O) groups is 3. The lowest BCUT2D eigenvalue weighted by atomic mass is 9.48. The van der Waals surface area contributed by atoms with Gasteiger partial charge in [-0.3, -0.25) is 14.5 Å². The number of benzene rings is 1. The van der Waals surface area contributed by atoms with Gasteiger partial charge in [-0.2, -0.15) is 0 Å². The molecule has 5 fully saturated rings. The summed E-state index contributed by atoms with van der Waals surface area (Å²) in [4.78, 5) is 40.4. The molecule has 2 N–H and O–H groups in total. The van der Waals surface area contributed by atoms with E-state index in [1.807, 2.05) is 37.3 Å². The summed E-state index contributed by atoms with van der Waals surface area (Å²) in [6, 6.07) is 8.95. The van der Waals surface area contributed by atoms with E-state index in [4.69, 9.17) is 0 Å². The highest BCUT2D eigenvalue weighted by Crippen LogP contribution is 2.61. The third-order valence-corrected chi connectivity index (χ3v) is 8.75. The van der Waals surface area contributed by atoms with Crippen molar-refractivity contribution < 1.29 is 14.4 Å². The quantitative estimate of drug-likeness (QED) is 0.634. The van der Waals surface area contributed by atoms with Crippen LogP contribution in [0.15, 0.2) is 30.3 Å². The van der Waals surface area contributed by atoms with E-state index in [1.54, 1.807) is 0 Å². The average Bonchev–Trinajstić information content (AvgIpc) is 2.99. The first kappa shape index (κ1) is 21.5. The van der Waals surface area contributed by atoms with Crippen LogP contribution >= 0.6 is 0 Å². The molecule has 4 bridgehead atoms. The second-order valence-corrected chi connectivity index (χ2v) is 10.9. The number of nitrogens with zero attached hydrogens (tertiary/aromatic N) is 1. The molecule has 1 heterocycles. The fraction of sp³-hybridized carbons (Fsp3) is 0.654. The molecule has 4 amide bonds. The molecule has 1 aromatic rings. The van der Waals surface area contributed by atoms with Gasteiger partial charge in [-0.05, 0) is 80.6 Å². The van der Waals surface area contributed by atoms with E-state index < -0.39 is 11.6 Å². The van der Waals surface area contributed by atoms with Crippen molar-refractivity contribution in [1.82, 2.24) is 15.5 Å². The summed E-state index contributed by atoms with van der Waals surface area (Å²) in [5.74, 6) is 1.87. The van der Waals surface area contributed by atoms with Crippen molar-refractivity contribution in [3.63, 3.8) is 0 Å². The number of rotatable bonds is 7. The van der Waals surface area contributed by atoms with Crippen molar-refractivity contribution in [2.75, 3.05) is 6.54 Å². The molecule has 32 heavy (non-hydrogen) atoms. The van der Waals surface area contributed by atoms with Gasteiger partial charge in [-0.15, -0.1) is 0 Å². The summed E-state index contributed by atoms with van der Waals surface area (Å²) in [6.45, 7) is 3.90. The Balaban J connectivity index is 1.28. The zero-order valence-electron chi connectivity index (χ0n) is 19.2. The predicted molar refractivity (Wildman–Crippen MR) is 121 cm³/mol. The zero-order chi connectivity index (χ0) is 22.5. The van der Waals surface area contributed by atoms with E-state index in [1.165, 1.54) is 38.5 Å². The van der Waals surface area contributed by atoms with Crippen LogP contribution in [0.3, 0.4) is 0 Å². The first-order valence-corrected chi connectivity index (χ1v) is 12.3. The molecule has 172 valence electrons. The van der Waals surface area contributed by atoms with Gasteiger partial charge in [0, 0.05) is 6.04 Å². The van der Waals surface area contributed by atoms with Crippen LogP contribution in [0.4, 0.5) is 4.79 Å². The summed E-state index contributed by atoms with van der Waals surface area (Å²) < 4.78 is 0. The maximum atomic E-state index is 13.4. The monoisotopic (exact) mass is 437 g/mol. The number of amides is 4. The van der Waals surface area contributed by atoms with Crippen LogP contribution in [0.1, 0.15) is 70.8 Å². The summed E-state index contributed by atoms with van der Waals surface area (Å²) in [7, 11) is 0. The highest BCUT2D eigenvalue weighted by atomic mass is 16.2. The molecule has 2 atom stereocenters. The lowest BCUT2D eigenvalue weighted by molar-refractivity contribution is -0.136. The van der Waals surface area contributed by atoms with Gasteiger partial charge in [0.1, 0.15) is 12.1 Å². The molecule has 0 unspecified atom stereocenters. The average molecular weight is 438 g/mol. The highest BCUT2D eigenvalue weighted by molar-refractivity contribution is 6.09. The second-order valence-electron chi connectivity index (χ2n) is 10.9.